The van der Waals surface area contributed by atoms with Gasteiger partial charge >= 0.3 is 12.4 Å². The standard InChI is InChI=1S/C19H13F6N3OS/c20-18(21,22)12-7-11(8-13(9-12)19(23,24)25)5-6-16-27-17(29-28-16)10-30-15-4-2-1-3-14(15)26/h1-9H,10,26H2/b6-5+. The molecule has 11 heteroatoms. The van der Waals surface area contributed by atoms with Crippen molar-refractivity contribution in [2.45, 2.75) is 23.0 Å². The fourth-order valence-electron chi connectivity index (χ4n) is 2.39. The van der Waals surface area contributed by atoms with Crippen LogP contribution in [0.2, 0.25) is 0 Å². The van der Waals surface area contributed by atoms with E-state index in [1.165, 1.54) is 17.8 Å². The summed E-state index contributed by atoms with van der Waals surface area (Å²) < 4.78 is 82.5. The normalized spacial score (nSPS) is 12.6. The Hall–Kier alpha value is -2.95. The molecular weight excluding hydrogens is 432 g/mol. The molecule has 0 aliphatic carbocycles. The van der Waals surface area contributed by atoms with E-state index in [-0.39, 0.29) is 29.1 Å². The molecule has 0 aliphatic rings. The maximum Gasteiger partial charge on any atom is 0.416 e. The lowest BCUT2D eigenvalue weighted by atomic mass is 10.0. The molecule has 4 nitrogen and oxygen atoms in total. The minimum atomic E-state index is -4.92. The zero-order valence-corrected chi connectivity index (χ0v) is 15.8. The topological polar surface area (TPSA) is 64.9 Å². The Bertz CT molecular complexity index is 1030. The Kier molecular flexibility index (Phi) is 6.11. The second-order valence-electron chi connectivity index (χ2n) is 6.05. The molecule has 0 unspecified atom stereocenters. The van der Waals surface area contributed by atoms with Crippen molar-refractivity contribution >= 4 is 29.6 Å². The number of thioether (sulfide) groups is 1. The molecule has 2 aromatic carbocycles. The van der Waals surface area contributed by atoms with Gasteiger partial charge in [0.25, 0.3) is 0 Å². The summed E-state index contributed by atoms with van der Waals surface area (Å²) in [6.45, 7) is 0. The van der Waals surface area contributed by atoms with E-state index in [2.05, 4.69) is 10.1 Å². The Morgan fingerprint density at radius 1 is 0.933 bits per heavy atom. The molecule has 3 aromatic rings. The average Bonchev–Trinajstić information content (AvgIpc) is 3.12. The number of benzene rings is 2. The van der Waals surface area contributed by atoms with Gasteiger partial charge in [-0.05, 0) is 42.0 Å². The number of nitrogens with two attached hydrogens (primary N) is 1. The number of para-hydroxylation sites is 1. The Balaban J connectivity index is 1.77. The largest absolute Gasteiger partial charge is 0.416 e. The van der Waals surface area contributed by atoms with Crippen LogP contribution in [0.1, 0.15) is 28.4 Å². The number of nitrogens with zero attached hydrogens (tertiary/aromatic N) is 2. The van der Waals surface area contributed by atoms with E-state index in [9.17, 15) is 26.3 Å². The molecule has 3 rings (SSSR count). The van der Waals surface area contributed by atoms with E-state index in [0.717, 1.165) is 11.0 Å². The highest BCUT2D eigenvalue weighted by molar-refractivity contribution is 7.98. The van der Waals surface area contributed by atoms with Gasteiger partial charge in [0.2, 0.25) is 5.89 Å². The summed E-state index contributed by atoms with van der Waals surface area (Å²) in [7, 11) is 0. The molecule has 0 amide bonds. The maximum absolute atomic E-state index is 12.9. The first kappa shape index (κ1) is 21.8. The molecule has 0 radical (unpaired) electrons. The lowest BCUT2D eigenvalue weighted by Gasteiger charge is -2.12. The van der Waals surface area contributed by atoms with Crippen molar-refractivity contribution in [2.75, 3.05) is 5.73 Å². The lowest BCUT2D eigenvalue weighted by Crippen LogP contribution is -2.11. The second kappa shape index (κ2) is 8.42. The third kappa shape index (κ3) is 5.56. The van der Waals surface area contributed by atoms with Crippen molar-refractivity contribution in [3.63, 3.8) is 0 Å². The summed E-state index contributed by atoms with van der Waals surface area (Å²) in [6, 6.07) is 8.42. The zero-order chi connectivity index (χ0) is 21.9. The Labute approximate surface area is 170 Å². The predicted octanol–water partition coefficient (Wildman–Crippen LogP) is 6.15. The van der Waals surface area contributed by atoms with E-state index in [0.29, 0.717) is 17.8 Å². The number of hydrogen-bond acceptors (Lipinski definition) is 5. The van der Waals surface area contributed by atoms with Gasteiger partial charge in [0, 0.05) is 10.6 Å². The van der Waals surface area contributed by atoms with Crippen LogP contribution in [0.25, 0.3) is 12.2 Å². The van der Waals surface area contributed by atoms with Gasteiger partial charge in [0.1, 0.15) is 0 Å². The van der Waals surface area contributed by atoms with E-state index in [1.807, 2.05) is 12.1 Å². The number of hydrogen-bond donors (Lipinski definition) is 1. The summed E-state index contributed by atoms with van der Waals surface area (Å²) in [5, 5.41) is 3.65. The van der Waals surface area contributed by atoms with Gasteiger partial charge in [-0.2, -0.15) is 31.3 Å². The van der Waals surface area contributed by atoms with Crippen LogP contribution < -0.4 is 5.73 Å². The fourth-order valence-corrected chi connectivity index (χ4v) is 3.20. The highest BCUT2D eigenvalue weighted by Crippen LogP contribution is 2.36. The number of anilines is 1. The van der Waals surface area contributed by atoms with Gasteiger partial charge in [-0.25, -0.2) is 0 Å². The smallest absolute Gasteiger partial charge is 0.398 e. The first-order valence-corrected chi connectivity index (χ1v) is 9.28. The van der Waals surface area contributed by atoms with E-state index in [1.54, 1.807) is 12.1 Å². The minimum absolute atomic E-state index is 0.0117. The molecular formula is C19H13F6N3OS. The van der Waals surface area contributed by atoms with Crippen molar-refractivity contribution in [2.24, 2.45) is 0 Å². The van der Waals surface area contributed by atoms with Crippen LogP contribution in [0.15, 0.2) is 51.9 Å². The maximum atomic E-state index is 12.9. The van der Waals surface area contributed by atoms with Crippen LogP contribution in [0.5, 0.6) is 0 Å². The third-order valence-corrected chi connectivity index (χ3v) is 4.86. The summed E-state index contributed by atoms with van der Waals surface area (Å²) in [5.74, 6) is 0.525. The summed E-state index contributed by atoms with van der Waals surface area (Å²) in [6.07, 6.45) is -7.61. The van der Waals surface area contributed by atoms with Crippen LogP contribution in [0.4, 0.5) is 32.0 Å². The van der Waals surface area contributed by atoms with E-state index >= 15 is 0 Å². The van der Waals surface area contributed by atoms with Crippen molar-refractivity contribution < 1.29 is 30.9 Å². The van der Waals surface area contributed by atoms with Crippen LogP contribution in [0.3, 0.4) is 0 Å². The van der Waals surface area contributed by atoms with Crippen molar-refractivity contribution in [3.8, 4) is 0 Å². The van der Waals surface area contributed by atoms with Crippen LogP contribution in [0, 0.1) is 0 Å². The highest BCUT2D eigenvalue weighted by atomic mass is 32.2. The van der Waals surface area contributed by atoms with Crippen molar-refractivity contribution in [1.82, 2.24) is 10.1 Å². The summed E-state index contributed by atoms with van der Waals surface area (Å²) >= 11 is 1.34. The fraction of sp³-hybridized carbons (Fsp3) is 0.158. The molecule has 2 N–H and O–H groups in total. The van der Waals surface area contributed by atoms with Crippen molar-refractivity contribution in [1.29, 1.82) is 0 Å². The average molecular weight is 445 g/mol. The second-order valence-corrected chi connectivity index (χ2v) is 7.06. The Morgan fingerprint density at radius 2 is 1.57 bits per heavy atom. The molecule has 0 fully saturated rings. The first-order chi connectivity index (χ1) is 14.0. The molecule has 158 valence electrons. The van der Waals surface area contributed by atoms with Crippen LogP contribution in [-0.4, -0.2) is 10.1 Å². The SMILES string of the molecule is Nc1ccccc1SCc1nc(/C=C/c2cc(C(F)(F)F)cc(C(F)(F)F)c2)no1. The lowest BCUT2D eigenvalue weighted by molar-refractivity contribution is -0.143. The highest BCUT2D eigenvalue weighted by Gasteiger charge is 2.36. The molecule has 0 bridgehead atoms. The minimum Gasteiger partial charge on any atom is -0.398 e. The molecule has 30 heavy (non-hydrogen) atoms. The quantitative estimate of drug-likeness (QED) is 0.290. The molecule has 0 aliphatic heterocycles. The van der Waals surface area contributed by atoms with Gasteiger partial charge in [-0.15, -0.1) is 11.8 Å². The van der Waals surface area contributed by atoms with E-state index in [4.69, 9.17) is 10.3 Å². The Morgan fingerprint density at radius 3 is 2.17 bits per heavy atom. The zero-order valence-electron chi connectivity index (χ0n) is 15.0. The number of nitrogen functional groups attached to an aromatic ring is 1. The summed E-state index contributed by atoms with van der Waals surface area (Å²) in [5.41, 5.74) is 3.31. The number of halogens is 6. The number of alkyl halides is 6. The molecule has 0 saturated heterocycles. The van der Waals surface area contributed by atoms with Crippen LogP contribution in [-0.2, 0) is 18.1 Å². The van der Waals surface area contributed by atoms with Gasteiger partial charge < -0.3 is 10.3 Å². The molecule has 0 atom stereocenters. The predicted molar refractivity (Wildman–Crippen MR) is 100 cm³/mol. The number of aromatic nitrogens is 2. The van der Waals surface area contributed by atoms with Gasteiger partial charge in [0.05, 0.1) is 16.9 Å². The molecule has 0 spiro atoms. The monoisotopic (exact) mass is 445 g/mol. The summed E-state index contributed by atoms with van der Waals surface area (Å²) in [4.78, 5) is 4.84. The molecule has 1 aromatic heterocycles. The first-order valence-electron chi connectivity index (χ1n) is 8.30. The molecule has 1 heterocycles. The van der Waals surface area contributed by atoms with Crippen molar-refractivity contribution in [3.05, 3.63) is 70.9 Å². The third-order valence-electron chi connectivity index (χ3n) is 3.79. The van der Waals surface area contributed by atoms with Crippen LogP contribution >= 0.6 is 11.8 Å². The number of rotatable bonds is 5. The van der Waals surface area contributed by atoms with Gasteiger partial charge in [-0.1, -0.05) is 23.4 Å². The van der Waals surface area contributed by atoms with Gasteiger partial charge in [-0.3, -0.25) is 0 Å². The molecule has 0 saturated carbocycles. The van der Waals surface area contributed by atoms with E-state index < -0.39 is 23.5 Å². The van der Waals surface area contributed by atoms with Gasteiger partial charge in [0.15, 0.2) is 5.82 Å².